The second-order valence-corrected chi connectivity index (χ2v) is 6.97. The number of fused-ring (bicyclic) bond motifs is 1. The molecule has 24 heavy (non-hydrogen) atoms. The lowest BCUT2D eigenvalue weighted by atomic mass is 9.95. The maximum Gasteiger partial charge on any atom is 0.224 e. The Morgan fingerprint density at radius 2 is 2.00 bits per heavy atom. The van der Waals surface area contributed by atoms with Crippen LogP contribution in [0.4, 0.5) is 0 Å². The van der Waals surface area contributed by atoms with Gasteiger partial charge in [0.05, 0.1) is 6.42 Å². The Morgan fingerprint density at radius 3 is 2.79 bits per heavy atom. The third-order valence-electron chi connectivity index (χ3n) is 5.09. The van der Waals surface area contributed by atoms with Gasteiger partial charge < -0.3 is 10.3 Å². The van der Waals surface area contributed by atoms with Crippen LogP contribution in [0.3, 0.4) is 0 Å². The smallest absolute Gasteiger partial charge is 0.224 e. The lowest BCUT2D eigenvalue weighted by Crippen LogP contribution is -2.33. The summed E-state index contributed by atoms with van der Waals surface area (Å²) in [6.07, 6.45) is 4.84. The molecule has 2 aromatic carbocycles. The Balaban J connectivity index is 1.44. The van der Waals surface area contributed by atoms with Crippen LogP contribution in [0.25, 0.3) is 10.9 Å². The summed E-state index contributed by atoms with van der Waals surface area (Å²) in [7, 11) is 0. The lowest BCUT2D eigenvalue weighted by molar-refractivity contribution is -0.120. The third kappa shape index (κ3) is 2.82. The van der Waals surface area contributed by atoms with Crippen molar-refractivity contribution in [3.8, 4) is 0 Å². The predicted octanol–water partition coefficient (Wildman–Crippen LogP) is 3.87. The largest absolute Gasteiger partial charge is 0.361 e. The Morgan fingerprint density at radius 1 is 1.17 bits per heavy atom. The number of nitrogens with one attached hydrogen (secondary N) is 2. The van der Waals surface area contributed by atoms with Crippen molar-refractivity contribution in [3.05, 3.63) is 71.4 Å². The van der Waals surface area contributed by atoms with Crippen LogP contribution in [-0.4, -0.2) is 17.4 Å². The summed E-state index contributed by atoms with van der Waals surface area (Å²) in [6, 6.07) is 16.5. The molecule has 0 bridgehead atoms. The Labute approximate surface area is 142 Å². The number of rotatable bonds is 5. The molecule has 0 atom stereocenters. The van der Waals surface area contributed by atoms with Gasteiger partial charge >= 0.3 is 0 Å². The minimum absolute atomic E-state index is 0.103. The molecule has 1 fully saturated rings. The van der Waals surface area contributed by atoms with E-state index in [-0.39, 0.29) is 11.3 Å². The van der Waals surface area contributed by atoms with E-state index in [2.05, 4.69) is 53.8 Å². The van der Waals surface area contributed by atoms with Gasteiger partial charge in [0.15, 0.2) is 0 Å². The zero-order chi connectivity index (χ0) is 16.6. The van der Waals surface area contributed by atoms with Crippen LogP contribution < -0.4 is 5.32 Å². The summed E-state index contributed by atoms with van der Waals surface area (Å²) in [4.78, 5) is 15.7. The highest BCUT2D eigenvalue weighted by atomic mass is 16.1. The van der Waals surface area contributed by atoms with Gasteiger partial charge in [0.25, 0.3) is 0 Å². The van der Waals surface area contributed by atoms with E-state index >= 15 is 0 Å². The topological polar surface area (TPSA) is 44.9 Å². The van der Waals surface area contributed by atoms with Gasteiger partial charge in [-0.05, 0) is 37.0 Å². The molecule has 3 heteroatoms. The fourth-order valence-corrected chi connectivity index (χ4v) is 3.54. The van der Waals surface area contributed by atoms with E-state index in [0.29, 0.717) is 6.42 Å². The Hall–Kier alpha value is -2.55. The van der Waals surface area contributed by atoms with Gasteiger partial charge in [-0.2, -0.15) is 0 Å². The molecule has 122 valence electrons. The van der Waals surface area contributed by atoms with E-state index in [1.165, 1.54) is 22.0 Å². The molecule has 0 aliphatic heterocycles. The SMILES string of the molecule is Cc1cccc(CC(=O)NCC2(c3c[nH]c4ccccc34)CC2)c1. The van der Waals surface area contributed by atoms with E-state index in [4.69, 9.17) is 0 Å². The molecular formula is C21H22N2O. The number of aromatic nitrogens is 1. The highest BCUT2D eigenvalue weighted by molar-refractivity contribution is 5.85. The molecule has 1 aliphatic rings. The lowest BCUT2D eigenvalue weighted by Gasteiger charge is -2.16. The number of H-pyrrole nitrogens is 1. The number of hydrogen-bond acceptors (Lipinski definition) is 1. The molecule has 2 N–H and O–H groups in total. The number of para-hydroxylation sites is 1. The van der Waals surface area contributed by atoms with E-state index < -0.39 is 0 Å². The molecule has 0 saturated heterocycles. The van der Waals surface area contributed by atoms with Crippen molar-refractivity contribution in [2.45, 2.75) is 31.6 Å². The molecule has 4 rings (SSSR count). The van der Waals surface area contributed by atoms with Gasteiger partial charge in [-0.3, -0.25) is 4.79 Å². The minimum Gasteiger partial charge on any atom is -0.361 e. The summed E-state index contributed by atoms with van der Waals surface area (Å²) >= 11 is 0. The quantitative estimate of drug-likeness (QED) is 0.737. The summed E-state index contributed by atoms with van der Waals surface area (Å²) in [5.74, 6) is 0.103. The summed E-state index contributed by atoms with van der Waals surface area (Å²) in [5, 5.41) is 4.43. The summed E-state index contributed by atoms with van der Waals surface area (Å²) < 4.78 is 0. The van der Waals surface area contributed by atoms with Gasteiger partial charge in [0, 0.05) is 29.1 Å². The van der Waals surface area contributed by atoms with Crippen LogP contribution in [0.2, 0.25) is 0 Å². The molecule has 3 aromatic rings. The second-order valence-electron chi connectivity index (χ2n) is 6.97. The van der Waals surface area contributed by atoms with E-state index in [0.717, 1.165) is 24.9 Å². The monoisotopic (exact) mass is 318 g/mol. The van der Waals surface area contributed by atoms with Crippen molar-refractivity contribution in [3.63, 3.8) is 0 Å². The maximum absolute atomic E-state index is 12.3. The number of amides is 1. The Kier molecular flexibility index (Phi) is 3.64. The second kappa shape index (κ2) is 5.82. The zero-order valence-corrected chi connectivity index (χ0v) is 13.9. The molecule has 1 aromatic heterocycles. The number of carbonyl (C=O) groups excluding carboxylic acids is 1. The molecule has 1 aliphatic carbocycles. The van der Waals surface area contributed by atoms with Crippen molar-refractivity contribution in [1.82, 2.24) is 10.3 Å². The first kappa shape index (κ1) is 15.0. The number of aromatic amines is 1. The van der Waals surface area contributed by atoms with E-state index in [9.17, 15) is 4.79 Å². The standard InChI is InChI=1S/C21H22N2O/c1-15-5-4-6-16(11-15)12-20(24)23-14-21(9-10-21)18-13-22-19-8-3-2-7-17(18)19/h2-8,11,13,22H,9-10,12,14H2,1H3,(H,23,24). The molecule has 0 unspecified atom stereocenters. The third-order valence-corrected chi connectivity index (χ3v) is 5.09. The van der Waals surface area contributed by atoms with Gasteiger partial charge in [-0.25, -0.2) is 0 Å². The van der Waals surface area contributed by atoms with Crippen LogP contribution in [-0.2, 0) is 16.6 Å². The van der Waals surface area contributed by atoms with Crippen LogP contribution in [0.15, 0.2) is 54.7 Å². The van der Waals surface area contributed by atoms with Crippen LogP contribution >= 0.6 is 0 Å². The highest BCUT2D eigenvalue weighted by Gasteiger charge is 2.45. The average molecular weight is 318 g/mol. The van der Waals surface area contributed by atoms with Crippen molar-refractivity contribution in [2.75, 3.05) is 6.54 Å². The van der Waals surface area contributed by atoms with Crippen molar-refractivity contribution in [1.29, 1.82) is 0 Å². The van der Waals surface area contributed by atoms with Crippen LogP contribution in [0.5, 0.6) is 0 Å². The van der Waals surface area contributed by atoms with E-state index in [1.54, 1.807) is 0 Å². The first-order valence-electron chi connectivity index (χ1n) is 8.55. The van der Waals surface area contributed by atoms with Crippen molar-refractivity contribution < 1.29 is 4.79 Å². The fraction of sp³-hybridized carbons (Fsp3) is 0.286. The molecule has 0 spiro atoms. The first-order valence-corrected chi connectivity index (χ1v) is 8.55. The Bertz CT molecular complexity index is 889. The van der Waals surface area contributed by atoms with Crippen molar-refractivity contribution in [2.24, 2.45) is 0 Å². The summed E-state index contributed by atoms with van der Waals surface area (Å²) in [6.45, 7) is 2.77. The molecular weight excluding hydrogens is 296 g/mol. The number of hydrogen-bond donors (Lipinski definition) is 2. The molecule has 3 nitrogen and oxygen atoms in total. The molecule has 1 amide bonds. The minimum atomic E-state index is 0.103. The molecule has 1 heterocycles. The maximum atomic E-state index is 12.3. The van der Waals surface area contributed by atoms with E-state index in [1.807, 2.05) is 18.2 Å². The number of aryl methyl sites for hydroxylation is 1. The van der Waals surface area contributed by atoms with Gasteiger partial charge in [-0.1, -0.05) is 48.0 Å². The predicted molar refractivity (Wildman–Crippen MR) is 97.1 cm³/mol. The average Bonchev–Trinajstić information content (AvgIpc) is 3.24. The number of carbonyl (C=O) groups is 1. The first-order chi connectivity index (χ1) is 11.7. The van der Waals surface area contributed by atoms with Crippen molar-refractivity contribution >= 4 is 16.8 Å². The van der Waals surface area contributed by atoms with Crippen LogP contribution in [0, 0.1) is 6.92 Å². The van der Waals surface area contributed by atoms with Gasteiger partial charge in [-0.15, -0.1) is 0 Å². The zero-order valence-electron chi connectivity index (χ0n) is 13.9. The normalized spacial score (nSPS) is 15.4. The fourth-order valence-electron chi connectivity index (χ4n) is 3.54. The van der Waals surface area contributed by atoms with Gasteiger partial charge in [0.2, 0.25) is 5.91 Å². The number of benzene rings is 2. The van der Waals surface area contributed by atoms with Crippen LogP contribution in [0.1, 0.15) is 29.5 Å². The molecule has 0 radical (unpaired) electrons. The summed E-state index contributed by atoms with van der Waals surface area (Å²) in [5.41, 5.74) is 4.89. The highest BCUT2D eigenvalue weighted by Crippen LogP contribution is 2.49. The van der Waals surface area contributed by atoms with Gasteiger partial charge in [0.1, 0.15) is 0 Å². The molecule has 1 saturated carbocycles.